The smallest absolute Gasteiger partial charge is 0.153 e. The highest BCUT2D eigenvalue weighted by molar-refractivity contribution is 5.92. The summed E-state index contributed by atoms with van der Waals surface area (Å²) in [6.45, 7) is 0.713. The minimum atomic E-state index is 0.494. The molecular formula is C24H21N7. The van der Waals surface area contributed by atoms with Crippen molar-refractivity contribution in [3.05, 3.63) is 90.6 Å². The number of nitrogens with one attached hydrogen (secondary N) is 3. The van der Waals surface area contributed by atoms with Crippen molar-refractivity contribution >= 4 is 34.2 Å². The highest BCUT2D eigenvalue weighted by Gasteiger charge is 2.07. The zero-order valence-electron chi connectivity index (χ0n) is 16.7. The Morgan fingerprint density at radius 3 is 2.55 bits per heavy atom. The number of anilines is 4. The highest BCUT2D eigenvalue weighted by Crippen LogP contribution is 2.28. The van der Waals surface area contributed by atoms with Gasteiger partial charge in [0.1, 0.15) is 17.5 Å². The molecule has 5 aromatic rings. The van der Waals surface area contributed by atoms with Crippen molar-refractivity contribution in [1.82, 2.24) is 20.2 Å². The van der Waals surface area contributed by atoms with E-state index in [9.17, 15) is 0 Å². The van der Waals surface area contributed by atoms with E-state index in [1.807, 2.05) is 66.7 Å². The number of pyridine rings is 2. The molecule has 0 saturated carbocycles. The van der Waals surface area contributed by atoms with Crippen LogP contribution in [0.1, 0.15) is 5.56 Å². The number of fused-ring (bicyclic) bond motifs is 1. The summed E-state index contributed by atoms with van der Waals surface area (Å²) in [6, 6.07) is 26.0. The van der Waals surface area contributed by atoms with Crippen LogP contribution in [0.5, 0.6) is 0 Å². The molecule has 0 fully saturated rings. The fourth-order valence-corrected chi connectivity index (χ4v) is 3.41. The standard InChI is InChI=1S/C24H21N7/c25-24-19-13-17(9-10-20(19)30-31-24)18-11-12-26-23(14-18)29-22-8-4-7-21(28-22)27-15-16-5-2-1-3-6-16/h1-14H,15H2,(H3,25,30,31)(H2,26,27,28,29). The van der Waals surface area contributed by atoms with E-state index in [2.05, 4.69) is 42.9 Å². The zero-order chi connectivity index (χ0) is 21.0. The molecule has 0 atom stereocenters. The number of rotatable bonds is 6. The second kappa shape index (κ2) is 8.16. The summed E-state index contributed by atoms with van der Waals surface area (Å²) in [7, 11) is 0. The molecule has 2 aromatic carbocycles. The van der Waals surface area contributed by atoms with Gasteiger partial charge in [-0.05, 0) is 53.1 Å². The summed E-state index contributed by atoms with van der Waals surface area (Å²) >= 11 is 0. The number of H-pyrrole nitrogens is 1. The van der Waals surface area contributed by atoms with Crippen LogP contribution in [0, 0.1) is 0 Å². The molecule has 152 valence electrons. The van der Waals surface area contributed by atoms with Crippen molar-refractivity contribution in [2.45, 2.75) is 6.54 Å². The van der Waals surface area contributed by atoms with Crippen molar-refractivity contribution in [2.24, 2.45) is 0 Å². The monoisotopic (exact) mass is 407 g/mol. The van der Waals surface area contributed by atoms with Crippen LogP contribution >= 0.6 is 0 Å². The van der Waals surface area contributed by atoms with Crippen LogP contribution in [0.2, 0.25) is 0 Å². The lowest BCUT2D eigenvalue weighted by molar-refractivity contribution is 1.11. The Hall–Kier alpha value is -4.39. The fraction of sp³-hybridized carbons (Fsp3) is 0.0417. The van der Waals surface area contributed by atoms with Crippen LogP contribution in [0.3, 0.4) is 0 Å². The summed E-state index contributed by atoms with van der Waals surface area (Å²) in [5.41, 5.74) is 10.1. The van der Waals surface area contributed by atoms with Crippen molar-refractivity contribution in [3.63, 3.8) is 0 Å². The molecular weight excluding hydrogens is 386 g/mol. The first-order valence-electron chi connectivity index (χ1n) is 9.96. The normalized spacial score (nSPS) is 10.8. The molecule has 0 saturated heterocycles. The summed E-state index contributed by atoms with van der Waals surface area (Å²) in [4.78, 5) is 9.08. The maximum absolute atomic E-state index is 5.95. The molecule has 7 heteroatoms. The van der Waals surface area contributed by atoms with Gasteiger partial charge in [0, 0.05) is 18.1 Å². The Morgan fingerprint density at radius 1 is 0.806 bits per heavy atom. The number of aromatic nitrogens is 4. The maximum atomic E-state index is 5.95. The van der Waals surface area contributed by atoms with E-state index in [1.165, 1.54) is 5.56 Å². The van der Waals surface area contributed by atoms with Gasteiger partial charge < -0.3 is 16.4 Å². The van der Waals surface area contributed by atoms with Crippen LogP contribution in [0.25, 0.3) is 22.0 Å². The molecule has 0 radical (unpaired) electrons. The minimum Gasteiger partial charge on any atom is -0.382 e. The Kier molecular flexibility index (Phi) is 4.90. The van der Waals surface area contributed by atoms with E-state index >= 15 is 0 Å². The minimum absolute atomic E-state index is 0.494. The van der Waals surface area contributed by atoms with Crippen LogP contribution in [-0.2, 0) is 6.54 Å². The van der Waals surface area contributed by atoms with E-state index in [0.29, 0.717) is 18.2 Å². The lowest BCUT2D eigenvalue weighted by Gasteiger charge is -2.10. The van der Waals surface area contributed by atoms with Gasteiger partial charge in [0.15, 0.2) is 5.82 Å². The Bertz CT molecular complexity index is 1330. The second-order valence-corrected chi connectivity index (χ2v) is 7.17. The molecule has 0 unspecified atom stereocenters. The molecule has 0 amide bonds. The van der Waals surface area contributed by atoms with Crippen LogP contribution in [-0.4, -0.2) is 20.2 Å². The number of nitrogens with two attached hydrogens (primary N) is 1. The predicted molar refractivity (Wildman–Crippen MR) is 125 cm³/mol. The molecule has 5 rings (SSSR count). The Morgan fingerprint density at radius 2 is 1.65 bits per heavy atom. The third kappa shape index (κ3) is 4.16. The van der Waals surface area contributed by atoms with Gasteiger partial charge in [0.05, 0.1) is 5.52 Å². The number of aromatic amines is 1. The first-order valence-corrected chi connectivity index (χ1v) is 9.96. The summed E-state index contributed by atoms with van der Waals surface area (Å²) in [6.07, 6.45) is 1.78. The number of hydrogen-bond acceptors (Lipinski definition) is 6. The summed E-state index contributed by atoms with van der Waals surface area (Å²) in [5, 5.41) is 14.5. The SMILES string of the molecule is Nc1n[nH]c2ccc(-c3ccnc(Nc4cccc(NCc5ccccc5)n4)c3)cc12. The molecule has 0 aliphatic rings. The second-order valence-electron chi connectivity index (χ2n) is 7.17. The van der Waals surface area contributed by atoms with Crippen molar-refractivity contribution in [1.29, 1.82) is 0 Å². The number of hydrogen-bond donors (Lipinski definition) is 4. The van der Waals surface area contributed by atoms with Gasteiger partial charge in [-0.3, -0.25) is 5.10 Å². The van der Waals surface area contributed by atoms with Gasteiger partial charge in [-0.2, -0.15) is 5.10 Å². The maximum Gasteiger partial charge on any atom is 0.153 e. The molecule has 0 aliphatic carbocycles. The molecule has 3 aromatic heterocycles. The zero-order valence-corrected chi connectivity index (χ0v) is 16.7. The van der Waals surface area contributed by atoms with Gasteiger partial charge in [-0.1, -0.05) is 42.5 Å². The first-order chi connectivity index (χ1) is 15.2. The van der Waals surface area contributed by atoms with Crippen molar-refractivity contribution in [3.8, 4) is 11.1 Å². The molecule has 5 N–H and O–H groups in total. The van der Waals surface area contributed by atoms with Gasteiger partial charge in [0.2, 0.25) is 0 Å². The van der Waals surface area contributed by atoms with E-state index in [0.717, 1.165) is 33.7 Å². The number of benzene rings is 2. The van der Waals surface area contributed by atoms with E-state index < -0.39 is 0 Å². The third-order valence-corrected chi connectivity index (χ3v) is 5.01. The quantitative estimate of drug-likeness (QED) is 0.317. The van der Waals surface area contributed by atoms with E-state index in [1.54, 1.807) is 6.20 Å². The lowest BCUT2D eigenvalue weighted by atomic mass is 10.0. The largest absolute Gasteiger partial charge is 0.382 e. The molecule has 0 aliphatic heterocycles. The van der Waals surface area contributed by atoms with Crippen LogP contribution < -0.4 is 16.4 Å². The van der Waals surface area contributed by atoms with Crippen LogP contribution in [0.4, 0.5) is 23.3 Å². The molecule has 3 heterocycles. The average Bonchev–Trinajstić information content (AvgIpc) is 3.19. The molecule has 7 nitrogen and oxygen atoms in total. The first kappa shape index (κ1) is 18.6. The van der Waals surface area contributed by atoms with Gasteiger partial charge in [-0.15, -0.1) is 0 Å². The van der Waals surface area contributed by atoms with E-state index in [-0.39, 0.29) is 0 Å². The van der Waals surface area contributed by atoms with Crippen molar-refractivity contribution < 1.29 is 0 Å². The number of nitrogens with zero attached hydrogens (tertiary/aromatic N) is 3. The van der Waals surface area contributed by atoms with E-state index in [4.69, 9.17) is 5.73 Å². The number of nitrogen functional groups attached to an aromatic ring is 1. The third-order valence-electron chi connectivity index (χ3n) is 5.01. The van der Waals surface area contributed by atoms with Crippen molar-refractivity contribution in [2.75, 3.05) is 16.4 Å². The Balaban J connectivity index is 1.34. The van der Waals surface area contributed by atoms with Gasteiger partial charge >= 0.3 is 0 Å². The highest BCUT2D eigenvalue weighted by atomic mass is 15.1. The average molecular weight is 407 g/mol. The topological polar surface area (TPSA) is 105 Å². The Labute approximate surface area is 179 Å². The molecule has 0 spiro atoms. The predicted octanol–water partition coefficient (Wildman–Crippen LogP) is 4.96. The summed E-state index contributed by atoms with van der Waals surface area (Å²) in [5.74, 6) is 2.72. The summed E-state index contributed by atoms with van der Waals surface area (Å²) < 4.78 is 0. The fourth-order valence-electron chi connectivity index (χ4n) is 3.41. The molecule has 0 bridgehead atoms. The van der Waals surface area contributed by atoms with Gasteiger partial charge in [-0.25, -0.2) is 9.97 Å². The molecule has 31 heavy (non-hydrogen) atoms. The lowest BCUT2D eigenvalue weighted by Crippen LogP contribution is -2.03. The van der Waals surface area contributed by atoms with Crippen LogP contribution in [0.15, 0.2) is 85.1 Å². The van der Waals surface area contributed by atoms with Gasteiger partial charge in [0.25, 0.3) is 0 Å².